The van der Waals surface area contributed by atoms with Crippen LogP contribution in [0.25, 0.3) is 10.9 Å². The van der Waals surface area contributed by atoms with Gasteiger partial charge in [-0.15, -0.1) is 0 Å². The Morgan fingerprint density at radius 1 is 1.22 bits per heavy atom. The first-order valence-electron chi connectivity index (χ1n) is 10.9. The highest BCUT2D eigenvalue weighted by molar-refractivity contribution is 9.10. The summed E-state index contributed by atoms with van der Waals surface area (Å²) in [5.41, 5.74) is 2.07. The lowest BCUT2D eigenvalue weighted by molar-refractivity contribution is -0.120. The molecule has 0 saturated heterocycles. The van der Waals surface area contributed by atoms with Gasteiger partial charge >= 0.3 is 6.09 Å². The standard InChI is InChI=1S/C25H26BrN3O3/c1-14-9-11-17-16-7-5-6-8-20(16)29(23(31)32-24(2,3)4)21(17)25(28-14)18-13-15(26)10-12-19(18)27-22(25)30/h5-8,10,12-14,28H,9,11H2,1-4H3,(H,27,30). The van der Waals surface area contributed by atoms with Crippen LogP contribution in [0.1, 0.15) is 50.9 Å². The van der Waals surface area contributed by atoms with Crippen LogP contribution in [0.2, 0.25) is 0 Å². The first kappa shape index (κ1) is 21.2. The fourth-order valence-corrected chi connectivity index (χ4v) is 5.34. The lowest BCUT2D eigenvalue weighted by Gasteiger charge is -2.32. The van der Waals surface area contributed by atoms with Crippen molar-refractivity contribution in [3.05, 3.63) is 63.8 Å². The largest absolute Gasteiger partial charge is 0.443 e. The molecule has 2 aliphatic rings. The van der Waals surface area contributed by atoms with Gasteiger partial charge in [-0.3, -0.25) is 10.1 Å². The van der Waals surface area contributed by atoms with Gasteiger partial charge in [0.25, 0.3) is 5.91 Å². The Labute approximate surface area is 195 Å². The van der Waals surface area contributed by atoms with E-state index >= 15 is 0 Å². The molecule has 2 N–H and O–H groups in total. The van der Waals surface area contributed by atoms with Gasteiger partial charge in [0, 0.05) is 27.2 Å². The summed E-state index contributed by atoms with van der Waals surface area (Å²) in [5, 5.41) is 7.62. The van der Waals surface area contributed by atoms with Crippen LogP contribution in [-0.2, 0) is 21.5 Å². The molecule has 0 radical (unpaired) electrons. The molecule has 1 amide bonds. The van der Waals surface area contributed by atoms with Gasteiger partial charge in [-0.05, 0) is 70.4 Å². The predicted molar refractivity (Wildman–Crippen MR) is 128 cm³/mol. The van der Waals surface area contributed by atoms with Gasteiger partial charge in [0.05, 0.1) is 11.2 Å². The van der Waals surface area contributed by atoms with Crippen molar-refractivity contribution < 1.29 is 14.3 Å². The van der Waals surface area contributed by atoms with Crippen LogP contribution < -0.4 is 10.6 Å². The number of para-hydroxylation sites is 1. The van der Waals surface area contributed by atoms with E-state index in [0.717, 1.165) is 45.0 Å². The number of aryl methyl sites for hydroxylation is 1. The minimum Gasteiger partial charge on any atom is -0.443 e. The average Bonchev–Trinajstić information content (AvgIpc) is 3.12. The van der Waals surface area contributed by atoms with Gasteiger partial charge in [0.15, 0.2) is 5.54 Å². The van der Waals surface area contributed by atoms with Crippen LogP contribution in [0.3, 0.4) is 0 Å². The molecule has 1 spiro atoms. The Morgan fingerprint density at radius 2 is 1.97 bits per heavy atom. The molecule has 166 valence electrons. The van der Waals surface area contributed by atoms with Crippen molar-refractivity contribution in [1.82, 2.24) is 9.88 Å². The number of aromatic nitrogens is 1. The van der Waals surface area contributed by atoms with Gasteiger partial charge in [0.2, 0.25) is 0 Å². The molecule has 3 aromatic rings. The number of carbonyl (C=O) groups excluding carboxylic acids is 2. The number of halogens is 1. The second-order valence-electron chi connectivity index (χ2n) is 9.64. The highest BCUT2D eigenvalue weighted by Crippen LogP contribution is 2.47. The number of carbonyl (C=O) groups is 2. The van der Waals surface area contributed by atoms with E-state index in [4.69, 9.17) is 4.74 Å². The van der Waals surface area contributed by atoms with E-state index in [1.165, 1.54) is 0 Å². The molecule has 2 aliphatic heterocycles. The van der Waals surface area contributed by atoms with Gasteiger partial charge in [0.1, 0.15) is 5.60 Å². The van der Waals surface area contributed by atoms with Crippen molar-refractivity contribution in [2.75, 3.05) is 5.32 Å². The summed E-state index contributed by atoms with van der Waals surface area (Å²) >= 11 is 3.57. The summed E-state index contributed by atoms with van der Waals surface area (Å²) in [5.74, 6) is -0.187. The third-order valence-electron chi connectivity index (χ3n) is 6.18. The lowest BCUT2D eigenvalue weighted by atomic mass is 9.85. The van der Waals surface area contributed by atoms with Crippen molar-refractivity contribution >= 4 is 44.5 Å². The monoisotopic (exact) mass is 495 g/mol. The van der Waals surface area contributed by atoms with Gasteiger partial charge < -0.3 is 10.1 Å². The topological polar surface area (TPSA) is 72.4 Å². The number of rotatable bonds is 0. The Kier molecular flexibility index (Phi) is 4.76. The van der Waals surface area contributed by atoms with E-state index < -0.39 is 17.2 Å². The maximum absolute atomic E-state index is 13.8. The summed E-state index contributed by atoms with van der Waals surface area (Å²) in [6.07, 6.45) is 1.10. The Morgan fingerprint density at radius 3 is 2.72 bits per heavy atom. The molecule has 0 aliphatic carbocycles. The number of hydrogen-bond donors (Lipinski definition) is 2. The Balaban J connectivity index is 1.90. The third kappa shape index (κ3) is 3.10. The van der Waals surface area contributed by atoms with Crippen molar-refractivity contribution in [2.45, 2.75) is 57.7 Å². The Hall–Kier alpha value is -2.64. The number of amides is 1. The van der Waals surface area contributed by atoms with Gasteiger partial charge in [-0.25, -0.2) is 9.36 Å². The molecule has 0 saturated carbocycles. The summed E-state index contributed by atoms with van der Waals surface area (Å²) in [6.45, 7) is 7.62. The van der Waals surface area contributed by atoms with Crippen LogP contribution in [0.5, 0.6) is 0 Å². The van der Waals surface area contributed by atoms with E-state index in [9.17, 15) is 9.59 Å². The van der Waals surface area contributed by atoms with Crippen LogP contribution in [0.4, 0.5) is 10.5 Å². The second kappa shape index (κ2) is 7.18. The third-order valence-corrected chi connectivity index (χ3v) is 6.67. The van der Waals surface area contributed by atoms with Crippen molar-refractivity contribution in [1.29, 1.82) is 0 Å². The molecule has 0 fully saturated rings. The molecular formula is C25H26BrN3O3. The number of nitrogens with zero attached hydrogens (tertiary/aromatic N) is 1. The minimum atomic E-state index is -1.21. The Bertz CT molecular complexity index is 1270. The van der Waals surface area contributed by atoms with Crippen LogP contribution in [0, 0.1) is 0 Å². The molecule has 0 bridgehead atoms. The fourth-order valence-electron chi connectivity index (χ4n) is 4.97. The average molecular weight is 496 g/mol. The highest BCUT2D eigenvalue weighted by Gasteiger charge is 2.54. The van der Waals surface area contributed by atoms with Crippen LogP contribution >= 0.6 is 15.9 Å². The first-order valence-corrected chi connectivity index (χ1v) is 11.7. The van der Waals surface area contributed by atoms with E-state index in [-0.39, 0.29) is 11.9 Å². The molecule has 32 heavy (non-hydrogen) atoms. The molecule has 7 heteroatoms. The second-order valence-corrected chi connectivity index (χ2v) is 10.6. The van der Waals surface area contributed by atoms with Crippen LogP contribution in [-0.4, -0.2) is 28.2 Å². The first-order chi connectivity index (χ1) is 15.1. The molecule has 6 nitrogen and oxygen atoms in total. The molecule has 2 atom stereocenters. The number of ether oxygens (including phenoxy) is 1. The summed E-state index contributed by atoms with van der Waals surface area (Å²) in [7, 11) is 0. The smallest absolute Gasteiger partial charge is 0.419 e. The number of hydrogen-bond acceptors (Lipinski definition) is 4. The summed E-state index contributed by atoms with van der Waals surface area (Å²) in [6, 6.07) is 13.6. The van der Waals surface area contributed by atoms with E-state index in [1.54, 1.807) is 4.57 Å². The van der Waals surface area contributed by atoms with Gasteiger partial charge in [-0.2, -0.15) is 0 Å². The lowest BCUT2D eigenvalue weighted by Crippen LogP contribution is -2.53. The maximum atomic E-state index is 13.8. The molecule has 5 rings (SSSR count). The number of fused-ring (bicyclic) bond motifs is 6. The molecule has 1 aromatic heterocycles. The minimum absolute atomic E-state index is 0.0592. The zero-order valence-electron chi connectivity index (χ0n) is 18.6. The normalized spacial score (nSPS) is 22.4. The quantitative estimate of drug-likeness (QED) is 0.443. The predicted octanol–water partition coefficient (Wildman–Crippen LogP) is 5.31. The van der Waals surface area contributed by atoms with Crippen molar-refractivity contribution in [2.24, 2.45) is 0 Å². The van der Waals surface area contributed by atoms with E-state index in [1.807, 2.05) is 63.2 Å². The van der Waals surface area contributed by atoms with E-state index in [2.05, 4.69) is 33.5 Å². The fraction of sp³-hybridized carbons (Fsp3) is 0.360. The number of anilines is 1. The van der Waals surface area contributed by atoms with E-state index in [0.29, 0.717) is 5.69 Å². The number of benzene rings is 2. The molecular weight excluding hydrogens is 470 g/mol. The summed E-state index contributed by atoms with van der Waals surface area (Å²) < 4.78 is 8.30. The summed E-state index contributed by atoms with van der Waals surface area (Å²) in [4.78, 5) is 27.4. The van der Waals surface area contributed by atoms with Crippen molar-refractivity contribution in [3.63, 3.8) is 0 Å². The maximum Gasteiger partial charge on any atom is 0.419 e. The zero-order valence-corrected chi connectivity index (χ0v) is 20.2. The van der Waals surface area contributed by atoms with Gasteiger partial charge in [-0.1, -0.05) is 34.1 Å². The highest BCUT2D eigenvalue weighted by atomic mass is 79.9. The molecule has 3 heterocycles. The molecule has 2 aromatic carbocycles. The number of nitrogens with one attached hydrogen (secondary N) is 2. The zero-order chi connectivity index (χ0) is 22.8. The van der Waals surface area contributed by atoms with Crippen molar-refractivity contribution in [3.8, 4) is 0 Å². The molecule has 2 unspecified atom stereocenters. The SMILES string of the molecule is CC1CCc2c(n(C(=O)OC(C)(C)C)c3ccccc23)C2(N1)C(=O)Nc1ccc(Br)cc12. The van der Waals surface area contributed by atoms with Crippen LogP contribution in [0.15, 0.2) is 46.9 Å².